The Hall–Kier alpha value is -2.64. The number of nitrogens with one attached hydrogen (secondary N) is 1. The van der Waals surface area contributed by atoms with E-state index in [9.17, 15) is 14.7 Å². The van der Waals surface area contributed by atoms with E-state index >= 15 is 0 Å². The predicted molar refractivity (Wildman–Crippen MR) is 103 cm³/mol. The van der Waals surface area contributed by atoms with Crippen molar-refractivity contribution in [3.8, 4) is 16.9 Å². The van der Waals surface area contributed by atoms with Crippen molar-refractivity contribution in [2.24, 2.45) is 0 Å². The molecule has 1 aliphatic rings. The van der Waals surface area contributed by atoms with E-state index in [0.29, 0.717) is 23.4 Å². The number of thiophene rings is 2. The zero-order chi connectivity index (χ0) is 18.3. The minimum atomic E-state index is -0.992. The van der Waals surface area contributed by atoms with Crippen molar-refractivity contribution in [1.82, 2.24) is 0 Å². The summed E-state index contributed by atoms with van der Waals surface area (Å²) < 4.78 is 5.18. The van der Waals surface area contributed by atoms with Gasteiger partial charge < -0.3 is 15.2 Å². The van der Waals surface area contributed by atoms with Crippen LogP contribution in [0, 0.1) is 0 Å². The fraction of sp³-hybridized carbons (Fsp3) is 0.158. The molecule has 0 aliphatic carbocycles. The number of hydrogen-bond donors (Lipinski definition) is 2. The molecule has 0 bridgehead atoms. The molecule has 5 nitrogen and oxygen atoms in total. The lowest BCUT2D eigenvalue weighted by Gasteiger charge is -2.23. The van der Waals surface area contributed by atoms with Crippen molar-refractivity contribution < 1.29 is 19.4 Å². The van der Waals surface area contributed by atoms with Crippen LogP contribution in [-0.2, 0) is 4.79 Å². The number of benzene rings is 1. The smallest absolute Gasteiger partial charge is 0.346 e. The zero-order valence-electron chi connectivity index (χ0n) is 13.8. The third-order valence-corrected chi connectivity index (χ3v) is 6.42. The first-order chi connectivity index (χ1) is 12.6. The van der Waals surface area contributed by atoms with Gasteiger partial charge in [0.05, 0.1) is 12.8 Å². The molecule has 0 spiro atoms. The fourth-order valence-corrected chi connectivity index (χ4v) is 5.17. The van der Waals surface area contributed by atoms with E-state index in [-0.39, 0.29) is 16.7 Å². The van der Waals surface area contributed by atoms with Crippen molar-refractivity contribution in [3.05, 3.63) is 56.4 Å². The van der Waals surface area contributed by atoms with Gasteiger partial charge in [0.15, 0.2) is 0 Å². The van der Waals surface area contributed by atoms with Crippen LogP contribution < -0.4 is 10.1 Å². The van der Waals surface area contributed by atoms with E-state index in [2.05, 4.69) is 5.32 Å². The summed E-state index contributed by atoms with van der Waals surface area (Å²) in [5, 5.41) is 16.6. The predicted octanol–water partition coefficient (Wildman–Crippen LogP) is 4.66. The lowest BCUT2D eigenvalue weighted by atomic mass is 9.90. The maximum absolute atomic E-state index is 12.3. The van der Waals surface area contributed by atoms with Gasteiger partial charge in [-0.1, -0.05) is 12.1 Å². The topological polar surface area (TPSA) is 75.6 Å². The molecule has 1 aliphatic heterocycles. The van der Waals surface area contributed by atoms with Gasteiger partial charge in [-0.15, -0.1) is 11.3 Å². The van der Waals surface area contributed by atoms with Crippen LogP contribution >= 0.6 is 22.7 Å². The summed E-state index contributed by atoms with van der Waals surface area (Å²) in [5.74, 6) is -0.512. The van der Waals surface area contributed by atoms with Crippen LogP contribution in [0.5, 0.6) is 5.75 Å². The number of aromatic carboxylic acids is 1. The molecule has 0 saturated heterocycles. The van der Waals surface area contributed by atoms with Crippen LogP contribution in [0.25, 0.3) is 11.1 Å². The Morgan fingerprint density at radius 3 is 2.65 bits per heavy atom. The molecule has 7 heteroatoms. The molecule has 0 radical (unpaired) electrons. The number of carbonyl (C=O) groups is 2. The molecule has 1 unspecified atom stereocenters. The van der Waals surface area contributed by atoms with E-state index in [1.165, 1.54) is 11.3 Å². The largest absolute Gasteiger partial charge is 0.497 e. The molecule has 0 fully saturated rings. The van der Waals surface area contributed by atoms with Gasteiger partial charge in [0, 0.05) is 22.8 Å². The Kier molecular flexibility index (Phi) is 4.26. The first-order valence-corrected chi connectivity index (χ1v) is 9.70. The van der Waals surface area contributed by atoms with E-state index in [1.807, 2.05) is 29.0 Å². The van der Waals surface area contributed by atoms with Crippen molar-refractivity contribution in [2.75, 3.05) is 12.4 Å². The van der Waals surface area contributed by atoms with Crippen LogP contribution in [0.3, 0.4) is 0 Å². The minimum absolute atomic E-state index is 0.0989. The van der Waals surface area contributed by atoms with Crippen LogP contribution in [0.1, 0.15) is 32.5 Å². The number of fused-ring (bicyclic) bond motifs is 1. The van der Waals surface area contributed by atoms with Crippen molar-refractivity contribution >= 4 is 40.2 Å². The third-order valence-electron chi connectivity index (χ3n) is 4.42. The summed E-state index contributed by atoms with van der Waals surface area (Å²) in [6, 6.07) is 9.19. The highest BCUT2D eigenvalue weighted by molar-refractivity contribution is 7.15. The molecule has 1 atom stereocenters. The van der Waals surface area contributed by atoms with Gasteiger partial charge in [-0.25, -0.2) is 4.79 Å². The highest BCUT2D eigenvalue weighted by Gasteiger charge is 2.34. The number of hydrogen-bond acceptors (Lipinski definition) is 5. The number of carboxylic acids is 1. The first-order valence-electron chi connectivity index (χ1n) is 7.95. The molecular weight excluding hydrogens is 370 g/mol. The molecule has 132 valence electrons. The molecule has 2 aromatic heterocycles. The minimum Gasteiger partial charge on any atom is -0.497 e. The molecule has 1 amide bonds. The summed E-state index contributed by atoms with van der Waals surface area (Å²) in [6.07, 6.45) is 0.325. The number of carbonyl (C=O) groups excluding carboxylic acids is 1. The van der Waals surface area contributed by atoms with Crippen molar-refractivity contribution in [1.29, 1.82) is 0 Å². The molecule has 2 N–H and O–H groups in total. The number of methoxy groups -OCH3 is 1. The van der Waals surface area contributed by atoms with E-state index in [4.69, 9.17) is 4.74 Å². The lowest BCUT2D eigenvalue weighted by Crippen LogP contribution is -2.22. The monoisotopic (exact) mass is 385 g/mol. The highest BCUT2D eigenvalue weighted by Crippen LogP contribution is 2.49. The SMILES string of the molecule is COc1ccc(-c2c(C(=O)O)sc3c2NC(=O)CC3c2ccsc2)cc1. The molecular formula is C19H15NO4S2. The quantitative estimate of drug-likeness (QED) is 0.685. The van der Waals surface area contributed by atoms with Gasteiger partial charge in [0.1, 0.15) is 10.6 Å². The normalized spacial score (nSPS) is 16.0. The number of rotatable bonds is 4. The molecule has 3 heterocycles. The van der Waals surface area contributed by atoms with E-state index in [0.717, 1.165) is 16.0 Å². The van der Waals surface area contributed by atoms with Crippen molar-refractivity contribution in [2.45, 2.75) is 12.3 Å². The second-order valence-electron chi connectivity index (χ2n) is 5.94. The van der Waals surface area contributed by atoms with Gasteiger partial charge in [0.2, 0.25) is 5.91 Å². The molecule has 3 aromatic rings. The standard InChI is InChI=1S/C19H15NO4S2/c1-24-12-4-2-10(3-5-12)15-16-17(26-18(15)19(22)23)13(8-14(21)20-16)11-6-7-25-9-11/h2-7,9,13H,8H2,1H3,(H,20,21)(H,22,23). The Labute approximate surface area is 157 Å². The zero-order valence-corrected chi connectivity index (χ0v) is 15.4. The Morgan fingerprint density at radius 1 is 1.27 bits per heavy atom. The summed E-state index contributed by atoms with van der Waals surface area (Å²) in [7, 11) is 1.58. The summed E-state index contributed by atoms with van der Waals surface area (Å²) in [5.41, 5.74) is 2.97. The third kappa shape index (κ3) is 2.79. The Balaban J connectivity index is 1.91. The van der Waals surface area contributed by atoms with Crippen molar-refractivity contribution in [3.63, 3.8) is 0 Å². The summed E-state index contributed by atoms with van der Waals surface area (Å²) >= 11 is 2.81. The number of amides is 1. The number of carboxylic acid groups (broad SMARTS) is 1. The Bertz CT molecular complexity index is 974. The molecule has 1 aromatic carbocycles. The van der Waals surface area contributed by atoms with Crippen LogP contribution in [0.2, 0.25) is 0 Å². The van der Waals surface area contributed by atoms with E-state index in [1.54, 1.807) is 30.6 Å². The van der Waals surface area contributed by atoms with Gasteiger partial charge >= 0.3 is 5.97 Å². The molecule has 0 saturated carbocycles. The van der Waals surface area contributed by atoms with Gasteiger partial charge in [-0.2, -0.15) is 11.3 Å². The summed E-state index contributed by atoms with van der Waals surface area (Å²) in [6.45, 7) is 0. The van der Waals surface area contributed by atoms with Crippen LogP contribution in [-0.4, -0.2) is 24.1 Å². The average Bonchev–Trinajstić information content (AvgIpc) is 3.29. The Morgan fingerprint density at radius 2 is 2.04 bits per heavy atom. The number of ether oxygens (including phenoxy) is 1. The van der Waals surface area contributed by atoms with Crippen LogP contribution in [0.4, 0.5) is 5.69 Å². The van der Waals surface area contributed by atoms with Gasteiger partial charge in [-0.05, 0) is 40.1 Å². The molecule has 26 heavy (non-hydrogen) atoms. The second kappa shape index (κ2) is 6.59. The molecule has 4 rings (SSSR count). The van der Waals surface area contributed by atoms with Gasteiger partial charge in [-0.3, -0.25) is 4.79 Å². The maximum atomic E-state index is 12.3. The second-order valence-corrected chi connectivity index (χ2v) is 7.77. The summed E-state index contributed by atoms with van der Waals surface area (Å²) in [4.78, 5) is 25.3. The lowest BCUT2D eigenvalue weighted by molar-refractivity contribution is -0.116. The van der Waals surface area contributed by atoms with E-state index < -0.39 is 5.97 Å². The average molecular weight is 385 g/mol. The van der Waals surface area contributed by atoms with Crippen LogP contribution in [0.15, 0.2) is 41.1 Å². The fourth-order valence-electron chi connectivity index (χ4n) is 3.21. The number of anilines is 1. The maximum Gasteiger partial charge on any atom is 0.346 e. The van der Waals surface area contributed by atoms with Gasteiger partial charge in [0.25, 0.3) is 0 Å². The first kappa shape index (κ1) is 16.8. The highest BCUT2D eigenvalue weighted by atomic mass is 32.1.